The summed E-state index contributed by atoms with van der Waals surface area (Å²) in [6.45, 7) is 3.85. The number of nitrogens with one attached hydrogen (secondary N) is 1. The second-order valence-corrected chi connectivity index (χ2v) is 4.43. The Morgan fingerprint density at radius 3 is 2.65 bits per heavy atom. The summed E-state index contributed by atoms with van der Waals surface area (Å²) in [5, 5.41) is 2.45. The number of nitrogen functional groups attached to an aromatic ring is 1. The predicted molar refractivity (Wildman–Crippen MR) is 75.3 cm³/mol. The number of nitrogens with zero attached hydrogens (tertiary/aromatic N) is 1. The number of amides is 2. The Bertz CT molecular complexity index is 507. The molecule has 1 unspecified atom stereocenters. The molecule has 0 radical (unpaired) electrons. The average molecular weight is 282 g/mol. The van der Waals surface area contributed by atoms with Crippen molar-refractivity contribution >= 4 is 23.2 Å². The molecule has 0 saturated carbocycles. The maximum Gasteiger partial charge on any atom is 0.241 e. The van der Waals surface area contributed by atoms with E-state index in [2.05, 4.69) is 5.32 Å². The Morgan fingerprint density at radius 1 is 1.45 bits per heavy atom. The number of likely N-dealkylation sites (N-methyl/N-ethyl adjacent to an activating group) is 1. The lowest BCUT2D eigenvalue weighted by Gasteiger charge is -2.25. The Hall–Kier alpha value is -2.15. The summed E-state index contributed by atoms with van der Waals surface area (Å²) < 4.78 is 13.5. The first-order valence-corrected chi connectivity index (χ1v) is 6.23. The van der Waals surface area contributed by atoms with Crippen LogP contribution in [0.5, 0.6) is 0 Å². The fraction of sp³-hybridized carbons (Fsp3) is 0.385. The van der Waals surface area contributed by atoms with E-state index in [1.807, 2.05) is 0 Å². The monoisotopic (exact) mass is 282 g/mol. The molecule has 6 nitrogen and oxygen atoms in total. The van der Waals surface area contributed by atoms with Gasteiger partial charge in [-0.1, -0.05) is 6.92 Å². The zero-order chi connectivity index (χ0) is 15.3. The highest BCUT2D eigenvalue weighted by atomic mass is 19.1. The predicted octanol–water partition coefficient (Wildman–Crippen LogP) is 0.542. The van der Waals surface area contributed by atoms with Gasteiger partial charge in [-0.15, -0.1) is 0 Å². The molecule has 0 aliphatic carbocycles. The lowest BCUT2D eigenvalue weighted by molar-refractivity contribution is -0.123. The van der Waals surface area contributed by atoms with Crippen LogP contribution in [0.15, 0.2) is 18.2 Å². The quantitative estimate of drug-likeness (QED) is 0.663. The number of rotatable bonds is 6. The number of nitrogens with two attached hydrogens (primary N) is 2. The van der Waals surface area contributed by atoms with Crippen LogP contribution in [0.25, 0.3) is 0 Å². The Morgan fingerprint density at radius 2 is 2.10 bits per heavy atom. The number of carbonyl (C=O) groups excluding carboxylic acids is 2. The van der Waals surface area contributed by atoms with Crippen molar-refractivity contribution in [1.29, 1.82) is 0 Å². The van der Waals surface area contributed by atoms with Crippen LogP contribution in [0.3, 0.4) is 0 Å². The van der Waals surface area contributed by atoms with Crippen LogP contribution in [0, 0.1) is 5.82 Å². The second-order valence-electron chi connectivity index (χ2n) is 4.43. The summed E-state index contributed by atoms with van der Waals surface area (Å²) in [4.78, 5) is 24.6. The van der Waals surface area contributed by atoms with Crippen molar-refractivity contribution < 1.29 is 14.0 Å². The van der Waals surface area contributed by atoms with Crippen LogP contribution in [0.2, 0.25) is 0 Å². The van der Waals surface area contributed by atoms with Gasteiger partial charge in [-0.3, -0.25) is 14.5 Å². The molecule has 0 fully saturated rings. The third kappa shape index (κ3) is 4.20. The Kier molecular flexibility index (Phi) is 5.45. The molecule has 5 N–H and O–H groups in total. The number of hydrogen-bond donors (Lipinski definition) is 3. The molecular weight excluding hydrogens is 263 g/mol. The number of benzene rings is 1. The minimum Gasteiger partial charge on any atom is -0.399 e. The van der Waals surface area contributed by atoms with E-state index in [1.165, 1.54) is 18.2 Å². The zero-order valence-electron chi connectivity index (χ0n) is 11.5. The molecule has 1 aromatic carbocycles. The summed E-state index contributed by atoms with van der Waals surface area (Å²) >= 11 is 0. The largest absolute Gasteiger partial charge is 0.399 e. The van der Waals surface area contributed by atoms with Crippen LogP contribution >= 0.6 is 0 Å². The van der Waals surface area contributed by atoms with Crippen LogP contribution in [0.4, 0.5) is 15.8 Å². The molecule has 2 amide bonds. The van der Waals surface area contributed by atoms with Gasteiger partial charge in [-0.05, 0) is 31.7 Å². The minimum atomic E-state index is -0.617. The number of halogens is 1. The first kappa shape index (κ1) is 15.9. The standard InChI is InChI=1S/C13H19FN4O2/c1-3-18(7-12(16)19)8(2)13(20)17-11-6-9(15)4-5-10(11)14/h4-6,8H,3,7,15H2,1-2H3,(H2,16,19)(H,17,20). The summed E-state index contributed by atoms with van der Waals surface area (Å²) in [6.07, 6.45) is 0. The molecule has 0 aliphatic rings. The topological polar surface area (TPSA) is 101 Å². The van der Waals surface area contributed by atoms with Gasteiger partial charge in [0.05, 0.1) is 18.3 Å². The maximum absolute atomic E-state index is 13.5. The number of carbonyl (C=O) groups is 2. The van der Waals surface area contributed by atoms with Crippen molar-refractivity contribution in [3.63, 3.8) is 0 Å². The van der Waals surface area contributed by atoms with Gasteiger partial charge in [0, 0.05) is 5.69 Å². The Labute approximate surface area is 116 Å². The molecule has 0 spiro atoms. The van der Waals surface area contributed by atoms with E-state index in [0.717, 1.165) is 0 Å². The lowest BCUT2D eigenvalue weighted by Crippen LogP contribution is -2.45. The molecule has 0 aliphatic heterocycles. The molecular formula is C13H19FN4O2. The number of primary amides is 1. The summed E-state index contributed by atoms with van der Waals surface area (Å²) in [7, 11) is 0. The van der Waals surface area contributed by atoms with Gasteiger partial charge in [0.25, 0.3) is 0 Å². The third-order valence-corrected chi connectivity index (χ3v) is 2.94. The maximum atomic E-state index is 13.5. The molecule has 1 rings (SSSR count). The fourth-order valence-corrected chi connectivity index (χ4v) is 1.76. The molecule has 0 aromatic heterocycles. The third-order valence-electron chi connectivity index (χ3n) is 2.94. The molecule has 7 heteroatoms. The molecule has 0 saturated heterocycles. The van der Waals surface area contributed by atoms with Crippen molar-refractivity contribution in [3.05, 3.63) is 24.0 Å². The van der Waals surface area contributed by atoms with E-state index >= 15 is 0 Å². The van der Waals surface area contributed by atoms with Crippen molar-refractivity contribution in [1.82, 2.24) is 4.90 Å². The van der Waals surface area contributed by atoms with E-state index < -0.39 is 23.7 Å². The van der Waals surface area contributed by atoms with Gasteiger partial charge in [-0.25, -0.2) is 4.39 Å². The van der Waals surface area contributed by atoms with Crippen LogP contribution in [0.1, 0.15) is 13.8 Å². The minimum absolute atomic E-state index is 0.0111. The first-order valence-electron chi connectivity index (χ1n) is 6.23. The van der Waals surface area contributed by atoms with Crippen LogP contribution < -0.4 is 16.8 Å². The fourth-order valence-electron chi connectivity index (χ4n) is 1.76. The molecule has 0 heterocycles. The van der Waals surface area contributed by atoms with Gasteiger partial charge >= 0.3 is 0 Å². The zero-order valence-corrected chi connectivity index (χ0v) is 11.5. The van der Waals surface area contributed by atoms with Crippen molar-refractivity contribution in [2.45, 2.75) is 19.9 Å². The Balaban J connectivity index is 2.78. The van der Waals surface area contributed by atoms with E-state index in [-0.39, 0.29) is 12.2 Å². The van der Waals surface area contributed by atoms with Crippen molar-refractivity contribution in [2.24, 2.45) is 5.73 Å². The van der Waals surface area contributed by atoms with Gasteiger partial charge < -0.3 is 16.8 Å². The normalized spacial score (nSPS) is 12.2. The summed E-state index contributed by atoms with van der Waals surface area (Å²) in [6, 6.07) is 3.30. The van der Waals surface area contributed by atoms with E-state index in [1.54, 1.807) is 18.7 Å². The van der Waals surface area contributed by atoms with Crippen molar-refractivity contribution in [3.8, 4) is 0 Å². The molecule has 110 valence electrons. The smallest absolute Gasteiger partial charge is 0.241 e. The van der Waals surface area contributed by atoms with Gasteiger partial charge in [0.1, 0.15) is 5.82 Å². The number of anilines is 2. The van der Waals surface area contributed by atoms with E-state index in [4.69, 9.17) is 11.5 Å². The molecule has 0 bridgehead atoms. The molecule has 1 atom stereocenters. The molecule has 1 aromatic rings. The first-order chi connectivity index (χ1) is 9.35. The second kappa shape index (κ2) is 6.85. The van der Waals surface area contributed by atoms with E-state index in [0.29, 0.717) is 12.2 Å². The number of hydrogen-bond acceptors (Lipinski definition) is 4. The van der Waals surface area contributed by atoms with E-state index in [9.17, 15) is 14.0 Å². The van der Waals surface area contributed by atoms with Crippen molar-refractivity contribution in [2.75, 3.05) is 24.1 Å². The average Bonchev–Trinajstić information content (AvgIpc) is 2.39. The lowest BCUT2D eigenvalue weighted by atomic mass is 10.2. The van der Waals surface area contributed by atoms with Gasteiger partial charge in [-0.2, -0.15) is 0 Å². The van der Waals surface area contributed by atoms with Gasteiger partial charge in [0.2, 0.25) is 11.8 Å². The van der Waals surface area contributed by atoms with Crippen LogP contribution in [-0.2, 0) is 9.59 Å². The molecule has 20 heavy (non-hydrogen) atoms. The highest BCUT2D eigenvalue weighted by molar-refractivity contribution is 5.95. The van der Waals surface area contributed by atoms with Crippen LogP contribution in [-0.4, -0.2) is 35.8 Å². The SMILES string of the molecule is CCN(CC(N)=O)C(C)C(=O)Nc1cc(N)ccc1F. The summed E-state index contributed by atoms with van der Waals surface area (Å²) in [5.41, 5.74) is 11.0. The highest BCUT2D eigenvalue weighted by Crippen LogP contribution is 2.18. The highest BCUT2D eigenvalue weighted by Gasteiger charge is 2.22. The summed E-state index contributed by atoms with van der Waals surface area (Å²) in [5.74, 6) is -1.53. The van der Waals surface area contributed by atoms with Gasteiger partial charge in [0.15, 0.2) is 0 Å².